The molecule has 3 N–H and O–H groups in total. The van der Waals surface area contributed by atoms with Crippen molar-refractivity contribution in [3.05, 3.63) is 72.3 Å². The van der Waals surface area contributed by atoms with Gasteiger partial charge in [-0.05, 0) is 48.5 Å². The highest BCUT2D eigenvalue weighted by Gasteiger charge is 2.30. The molecule has 0 atom stereocenters. The second-order valence-electron chi connectivity index (χ2n) is 7.97. The Morgan fingerprint density at radius 2 is 1.58 bits per heavy atom. The fourth-order valence-corrected chi connectivity index (χ4v) is 6.06. The number of carbonyl (C=O) groups excluding carboxylic acids is 2. The van der Waals surface area contributed by atoms with Crippen molar-refractivity contribution >= 4 is 79.3 Å². The van der Waals surface area contributed by atoms with Crippen LogP contribution in [0.1, 0.15) is 5.56 Å². The summed E-state index contributed by atoms with van der Waals surface area (Å²) in [5.74, 6) is -0.454. The smallest absolute Gasteiger partial charge is 0.333 e. The van der Waals surface area contributed by atoms with Crippen LogP contribution >= 0.6 is 34.9 Å². The van der Waals surface area contributed by atoms with Gasteiger partial charge in [-0.25, -0.2) is 9.97 Å². The second kappa shape index (κ2) is 11.1. The number of imidazole rings is 1. The number of hydrogen-bond donors (Lipinski definition) is 3. The lowest BCUT2D eigenvalue weighted by Gasteiger charge is -2.09. The molecule has 0 spiro atoms. The average molecular weight is 574 g/mol. The van der Waals surface area contributed by atoms with E-state index in [2.05, 4.69) is 25.6 Å². The van der Waals surface area contributed by atoms with Crippen LogP contribution in [0.4, 0.5) is 24.5 Å². The number of carbonyl (C=O) groups is 2. The summed E-state index contributed by atoms with van der Waals surface area (Å²) < 4.78 is 40.1. The molecule has 0 aliphatic rings. The summed E-state index contributed by atoms with van der Waals surface area (Å²) in [6.07, 6.45) is -4.48. The van der Waals surface area contributed by atoms with E-state index in [4.69, 9.17) is 0 Å². The number of para-hydroxylation sites is 2. The fourth-order valence-electron chi connectivity index (χ4n) is 3.47. The van der Waals surface area contributed by atoms with Gasteiger partial charge in [0.25, 0.3) is 0 Å². The molecule has 2 amide bonds. The largest absolute Gasteiger partial charge is 0.416 e. The molecular weight excluding hydrogens is 556 g/mol. The number of fused-ring (bicyclic) bond motifs is 2. The highest BCUT2D eigenvalue weighted by Crippen LogP contribution is 2.33. The number of rotatable bonds is 8. The zero-order valence-corrected chi connectivity index (χ0v) is 21.8. The van der Waals surface area contributed by atoms with Gasteiger partial charge in [0.05, 0.1) is 38.3 Å². The number of aromatic nitrogens is 3. The van der Waals surface area contributed by atoms with E-state index in [1.54, 1.807) is 12.1 Å². The molecule has 0 saturated carbocycles. The number of thiazole rings is 1. The minimum atomic E-state index is -4.48. The van der Waals surface area contributed by atoms with E-state index in [0.29, 0.717) is 20.7 Å². The van der Waals surface area contributed by atoms with Gasteiger partial charge in [0.15, 0.2) is 9.50 Å². The fraction of sp³-hybridized carbons (Fsp3) is 0.120. The molecule has 38 heavy (non-hydrogen) atoms. The Kier molecular flexibility index (Phi) is 7.58. The highest BCUT2D eigenvalue weighted by molar-refractivity contribution is 8.01. The average Bonchev–Trinajstić information content (AvgIpc) is 3.49. The summed E-state index contributed by atoms with van der Waals surface area (Å²) in [7, 11) is 0. The van der Waals surface area contributed by atoms with E-state index in [1.165, 1.54) is 47.0 Å². The molecule has 2 heterocycles. The van der Waals surface area contributed by atoms with E-state index < -0.39 is 17.6 Å². The summed E-state index contributed by atoms with van der Waals surface area (Å²) in [5.41, 5.74) is 2.33. The first-order valence-electron chi connectivity index (χ1n) is 11.1. The number of halogens is 3. The third-order valence-corrected chi connectivity index (χ3v) is 8.20. The Balaban J connectivity index is 1.14. The number of nitrogens with zero attached hydrogens (tertiary/aromatic N) is 2. The standard InChI is InChI=1S/C25H18F3N5O2S3/c26-25(27,28)14-4-3-5-15(10-14)29-22(35)13-37-24-33-19-9-8-16(11-20(19)38-24)30-21(34)12-36-23-31-17-6-1-2-7-18(17)32-23/h1-11H,12-13H2,(H,29,35)(H,30,34)(H,31,32). The van der Waals surface area contributed by atoms with Gasteiger partial charge >= 0.3 is 6.18 Å². The normalized spacial score (nSPS) is 11.7. The van der Waals surface area contributed by atoms with Gasteiger partial charge in [-0.15, -0.1) is 11.3 Å². The molecule has 0 bridgehead atoms. The number of benzene rings is 3. The maximum Gasteiger partial charge on any atom is 0.416 e. The van der Waals surface area contributed by atoms with Crippen LogP contribution in [0.15, 0.2) is 76.2 Å². The third-order valence-electron chi connectivity index (χ3n) is 5.16. The molecule has 13 heteroatoms. The van der Waals surface area contributed by atoms with E-state index in [9.17, 15) is 22.8 Å². The van der Waals surface area contributed by atoms with E-state index in [1.807, 2.05) is 30.3 Å². The molecule has 0 aliphatic heterocycles. The minimum Gasteiger partial charge on any atom is -0.333 e. The van der Waals surface area contributed by atoms with Crippen LogP contribution in [-0.4, -0.2) is 38.3 Å². The molecule has 0 radical (unpaired) electrons. The summed E-state index contributed by atoms with van der Waals surface area (Å²) in [6.45, 7) is 0. The lowest BCUT2D eigenvalue weighted by atomic mass is 10.2. The lowest BCUT2D eigenvalue weighted by Crippen LogP contribution is -2.14. The number of thioether (sulfide) groups is 2. The number of amides is 2. The van der Waals surface area contributed by atoms with Crippen molar-refractivity contribution in [2.24, 2.45) is 0 Å². The number of anilines is 2. The Hall–Kier alpha value is -3.55. The van der Waals surface area contributed by atoms with E-state index >= 15 is 0 Å². The van der Waals surface area contributed by atoms with Crippen molar-refractivity contribution in [2.45, 2.75) is 15.7 Å². The van der Waals surface area contributed by atoms with Crippen molar-refractivity contribution in [1.82, 2.24) is 15.0 Å². The van der Waals surface area contributed by atoms with Gasteiger partial charge in [-0.1, -0.05) is 41.7 Å². The monoisotopic (exact) mass is 573 g/mol. The molecule has 2 aromatic heterocycles. The van der Waals surface area contributed by atoms with Gasteiger partial charge in [-0.3, -0.25) is 9.59 Å². The van der Waals surface area contributed by atoms with Crippen LogP contribution in [0, 0.1) is 0 Å². The predicted octanol–water partition coefficient (Wildman–Crippen LogP) is 6.65. The van der Waals surface area contributed by atoms with Crippen LogP contribution in [0.2, 0.25) is 0 Å². The number of aromatic amines is 1. The summed E-state index contributed by atoms with van der Waals surface area (Å²) in [5, 5.41) is 6.01. The van der Waals surface area contributed by atoms with Crippen LogP contribution in [0.25, 0.3) is 21.3 Å². The zero-order chi connectivity index (χ0) is 26.7. The molecular formula is C25H18F3N5O2S3. The van der Waals surface area contributed by atoms with Gasteiger partial charge in [-0.2, -0.15) is 13.2 Å². The third kappa shape index (κ3) is 6.47. The van der Waals surface area contributed by atoms with Crippen molar-refractivity contribution in [3.63, 3.8) is 0 Å². The van der Waals surface area contributed by atoms with Crippen molar-refractivity contribution in [3.8, 4) is 0 Å². The van der Waals surface area contributed by atoms with Crippen LogP contribution in [0.3, 0.4) is 0 Å². The number of alkyl halides is 3. The second-order valence-corrected chi connectivity index (χ2v) is 11.2. The van der Waals surface area contributed by atoms with Gasteiger partial charge < -0.3 is 15.6 Å². The number of H-pyrrole nitrogens is 1. The first kappa shape index (κ1) is 26.1. The Bertz CT molecular complexity index is 1600. The zero-order valence-electron chi connectivity index (χ0n) is 19.3. The summed E-state index contributed by atoms with van der Waals surface area (Å²) in [6, 6.07) is 17.5. The van der Waals surface area contributed by atoms with Gasteiger partial charge in [0.2, 0.25) is 11.8 Å². The van der Waals surface area contributed by atoms with Crippen LogP contribution in [-0.2, 0) is 15.8 Å². The highest BCUT2D eigenvalue weighted by atomic mass is 32.2. The molecule has 0 saturated heterocycles. The first-order valence-corrected chi connectivity index (χ1v) is 13.9. The van der Waals surface area contributed by atoms with Gasteiger partial charge in [0.1, 0.15) is 0 Å². The number of hydrogen-bond acceptors (Lipinski definition) is 7. The number of nitrogens with one attached hydrogen (secondary N) is 3. The van der Waals surface area contributed by atoms with Crippen molar-refractivity contribution < 1.29 is 22.8 Å². The minimum absolute atomic E-state index is 0.0152. The van der Waals surface area contributed by atoms with Crippen molar-refractivity contribution in [2.75, 3.05) is 22.1 Å². The topological polar surface area (TPSA) is 99.8 Å². The van der Waals surface area contributed by atoms with E-state index in [0.717, 1.165) is 27.9 Å². The van der Waals surface area contributed by atoms with Crippen LogP contribution < -0.4 is 10.6 Å². The molecule has 5 rings (SSSR count). The SMILES string of the molecule is O=C(CSc1nc2ccccc2[nH]1)Nc1ccc2nc(SCC(=O)Nc3cccc(C(F)(F)F)c3)sc2c1. The Morgan fingerprint density at radius 3 is 2.34 bits per heavy atom. The molecule has 7 nitrogen and oxygen atoms in total. The quantitative estimate of drug-likeness (QED) is 0.180. The van der Waals surface area contributed by atoms with Crippen LogP contribution in [0.5, 0.6) is 0 Å². The molecule has 0 aliphatic carbocycles. The summed E-state index contributed by atoms with van der Waals surface area (Å²) in [4.78, 5) is 36.8. The lowest BCUT2D eigenvalue weighted by molar-refractivity contribution is -0.137. The summed E-state index contributed by atoms with van der Waals surface area (Å²) >= 11 is 3.85. The molecule has 3 aromatic carbocycles. The maximum absolute atomic E-state index is 12.9. The molecule has 0 fully saturated rings. The van der Waals surface area contributed by atoms with Gasteiger partial charge in [0, 0.05) is 11.4 Å². The Morgan fingerprint density at radius 1 is 0.842 bits per heavy atom. The molecule has 5 aromatic rings. The first-order chi connectivity index (χ1) is 18.2. The van der Waals surface area contributed by atoms with Crippen molar-refractivity contribution in [1.29, 1.82) is 0 Å². The molecule has 194 valence electrons. The Labute approximate surface area is 226 Å². The maximum atomic E-state index is 12.9. The van der Waals surface area contributed by atoms with E-state index in [-0.39, 0.29) is 23.1 Å². The predicted molar refractivity (Wildman–Crippen MR) is 146 cm³/mol. The molecule has 0 unspecified atom stereocenters.